The van der Waals surface area contributed by atoms with Crippen LogP contribution in [0, 0.1) is 5.92 Å². The molecule has 0 aliphatic carbocycles. The second-order valence-electron chi connectivity index (χ2n) is 5.76. The molecule has 1 aromatic carbocycles. The standard InChI is InChI=1S/C18H30BrNO/c1-4-7-10-14(5-2)13-21-18(17(20)6-3)15-11-8-9-12-16(15)19/h8-9,11-12,14,17-18H,4-7,10,13,20H2,1-3H3. The van der Waals surface area contributed by atoms with E-state index in [9.17, 15) is 0 Å². The largest absolute Gasteiger partial charge is 0.372 e. The molecule has 0 heterocycles. The van der Waals surface area contributed by atoms with Gasteiger partial charge in [0.15, 0.2) is 0 Å². The highest BCUT2D eigenvalue weighted by Crippen LogP contribution is 2.30. The van der Waals surface area contributed by atoms with Gasteiger partial charge in [0.1, 0.15) is 0 Å². The van der Waals surface area contributed by atoms with Crippen molar-refractivity contribution < 1.29 is 4.74 Å². The van der Waals surface area contributed by atoms with Crippen molar-refractivity contribution in [3.8, 4) is 0 Å². The molecule has 0 radical (unpaired) electrons. The molecule has 0 saturated heterocycles. The zero-order valence-electron chi connectivity index (χ0n) is 13.6. The second kappa shape index (κ2) is 10.4. The van der Waals surface area contributed by atoms with E-state index in [0.717, 1.165) is 23.1 Å². The van der Waals surface area contributed by atoms with E-state index in [2.05, 4.69) is 48.8 Å². The van der Waals surface area contributed by atoms with Crippen molar-refractivity contribution in [2.75, 3.05) is 6.61 Å². The van der Waals surface area contributed by atoms with Crippen LogP contribution in [-0.2, 0) is 4.74 Å². The summed E-state index contributed by atoms with van der Waals surface area (Å²) in [4.78, 5) is 0. The van der Waals surface area contributed by atoms with Gasteiger partial charge in [-0.1, -0.05) is 74.2 Å². The molecule has 3 atom stereocenters. The molecule has 0 aromatic heterocycles. The minimum atomic E-state index is -0.0266. The molecule has 0 bridgehead atoms. The highest BCUT2D eigenvalue weighted by atomic mass is 79.9. The molecule has 1 aromatic rings. The lowest BCUT2D eigenvalue weighted by atomic mass is 9.98. The van der Waals surface area contributed by atoms with Crippen LogP contribution in [0.15, 0.2) is 28.7 Å². The van der Waals surface area contributed by atoms with Gasteiger partial charge in [0.05, 0.1) is 12.7 Å². The maximum absolute atomic E-state index is 6.30. The summed E-state index contributed by atoms with van der Waals surface area (Å²) in [7, 11) is 0. The number of halogens is 1. The number of ether oxygens (including phenoxy) is 1. The Bertz CT molecular complexity index is 397. The van der Waals surface area contributed by atoms with Gasteiger partial charge in [0, 0.05) is 10.5 Å². The molecule has 3 unspecified atom stereocenters. The first-order valence-electron chi connectivity index (χ1n) is 8.25. The van der Waals surface area contributed by atoms with Crippen LogP contribution in [0.3, 0.4) is 0 Å². The van der Waals surface area contributed by atoms with Gasteiger partial charge in [-0.3, -0.25) is 0 Å². The summed E-state index contributed by atoms with van der Waals surface area (Å²) in [6.07, 6.45) is 5.83. The van der Waals surface area contributed by atoms with Gasteiger partial charge in [-0.2, -0.15) is 0 Å². The van der Waals surface area contributed by atoms with Crippen LogP contribution >= 0.6 is 15.9 Å². The molecule has 3 heteroatoms. The monoisotopic (exact) mass is 355 g/mol. The Kier molecular flexibility index (Phi) is 9.21. The summed E-state index contributed by atoms with van der Waals surface area (Å²) in [5, 5.41) is 0. The fourth-order valence-corrected chi connectivity index (χ4v) is 3.01. The molecule has 0 fully saturated rings. The molecule has 21 heavy (non-hydrogen) atoms. The summed E-state index contributed by atoms with van der Waals surface area (Å²) in [5.41, 5.74) is 7.46. The second-order valence-corrected chi connectivity index (χ2v) is 6.62. The molecule has 2 N–H and O–H groups in total. The summed E-state index contributed by atoms with van der Waals surface area (Å²) in [5.74, 6) is 0.638. The zero-order chi connectivity index (χ0) is 15.7. The summed E-state index contributed by atoms with van der Waals surface area (Å²) < 4.78 is 7.34. The van der Waals surface area contributed by atoms with Crippen molar-refractivity contribution in [3.05, 3.63) is 34.3 Å². The first-order valence-corrected chi connectivity index (χ1v) is 9.04. The third-order valence-corrected chi connectivity index (χ3v) is 4.85. The van der Waals surface area contributed by atoms with Crippen molar-refractivity contribution in [1.29, 1.82) is 0 Å². The van der Waals surface area contributed by atoms with Gasteiger partial charge in [-0.25, -0.2) is 0 Å². The van der Waals surface area contributed by atoms with Crippen molar-refractivity contribution in [3.63, 3.8) is 0 Å². The minimum Gasteiger partial charge on any atom is -0.372 e. The molecule has 0 spiro atoms. The van der Waals surface area contributed by atoms with Crippen LogP contribution < -0.4 is 5.73 Å². The van der Waals surface area contributed by atoms with E-state index in [0.29, 0.717) is 5.92 Å². The van der Waals surface area contributed by atoms with Gasteiger partial charge in [0.25, 0.3) is 0 Å². The predicted molar refractivity (Wildman–Crippen MR) is 94.4 cm³/mol. The third kappa shape index (κ3) is 6.09. The van der Waals surface area contributed by atoms with E-state index in [1.807, 2.05) is 12.1 Å². The average Bonchev–Trinajstić information content (AvgIpc) is 2.51. The normalized spacial score (nSPS) is 15.7. The number of hydrogen-bond donors (Lipinski definition) is 1. The highest BCUT2D eigenvalue weighted by molar-refractivity contribution is 9.10. The van der Waals surface area contributed by atoms with Crippen LogP contribution in [-0.4, -0.2) is 12.6 Å². The van der Waals surface area contributed by atoms with Crippen LogP contribution in [0.5, 0.6) is 0 Å². The molecule has 1 rings (SSSR count). The van der Waals surface area contributed by atoms with E-state index in [1.165, 1.54) is 25.7 Å². The summed E-state index contributed by atoms with van der Waals surface area (Å²) in [6.45, 7) is 7.41. The molecule has 0 saturated carbocycles. The third-order valence-electron chi connectivity index (χ3n) is 4.13. The van der Waals surface area contributed by atoms with E-state index in [1.54, 1.807) is 0 Å². The quantitative estimate of drug-likeness (QED) is 0.604. The van der Waals surface area contributed by atoms with Gasteiger partial charge in [-0.05, 0) is 30.4 Å². The SMILES string of the molecule is CCCCC(CC)COC(c1ccccc1Br)C(N)CC. The van der Waals surface area contributed by atoms with E-state index < -0.39 is 0 Å². The Labute approximate surface area is 138 Å². The summed E-state index contributed by atoms with van der Waals surface area (Å²) >= 11 is 3.62. The molecule has 0 amide bonds. The van der Waals surface area contributed by atoms with Crippen LogP contribution in [0.25, 0.3) is 0 Å². The van der Waals surface area contributed by atoms with Crippen LogP contribution in [0.1, 0.15) is 64.5 Å². The van der Waals surface area contributed by atoms with Crippen molar-refractivity contribution in [1.82, 2.24) is 0 Å². The lowest BCUT2D eigenvalue weighted by molar-refractivity contribution is 0.00833. The van der Waals surface area contributed by atoms with Gasteiger partial charge >= 0.3 is 0 Å². The first kappa shape index (κ1) is 18.7. The number of benzene rings is 1. The van der Waals surface area contributed by atoms with Crippen LogP contribution in [0.4, 0.5) is 0 Å². The molecular weight excluding hydrogens is 326 g/mol. The van der Waals surface area contributed by atoms with Crippen molar-refractivity contribution >= 4 is 15.9 Å². The van der Waals surface area contributed by atoms with Gasteiger partial charge in [0.2, 0.25) is 0 Å². The van der Waals surface area contributed by atoms with Crippen molar-refractivity contribution in [2.24, 2.45) is 11.7 Å². The average molecular weight is 356 g/mol. The Hall–Kier alpha value is -0.380. The minimum absolute atomic E-state index is 0.0266. The number of nitrogens with two attached hydrogens (primary N) is 1. The lowest BCUT2D eigenvalue weighted by Crippen LogP contribution is -2.31. The maximum atomic E-state index is 6.30. The Morgan fingerprint density at radius 3 is 2.43 bits per heavy atom. The van der Waals surface area contributed by atoms with Crippen LogP contribution in [0.2, 0.25) is 0 Å². The molecule has 120 valence electrons. The van der Waals surface area contributed by atoms with Gasteiger partial charge < -0.3 is 10.5 Å². The predicted octanol–water partition coefficient (Wildman–Crippen LogP) is 5.46. The highest BCUT2D eigenvalue weighted by Gasteiger charge is 2.22. The van der Waals surface area contributed by atoms with E-state index in [-0.39, 0.29) is 12.1 Å². The van der Waals surface area contributed by atoms with Gasteiger partial charge in [-0.15, -0.1) is 0 Å². The molecule has 0 aliphatic rings. The Balaban J connectivity index is 2.73. The smallest absolute Gasteiger partial charge is 0.0986 e. The molecular formula is C18H30BrNO. The Morgan fingerprint density at radius 1 is 1.14 bits per heavy atom. The van der Waals surface area contributed by atoms with E-state index in [4.69, 9.17) is 10.5 Å². The zero-order valence-corrected chi connectivity index (χ0v) is 15.2. The number of unbranched alkanes of at least 4 members (excludes halogenated alkanes) is 1. The molecule has 0 aliphatic heterocycles. The first-order chi connectivity index (χ1) is 10.1. The fraction of sp³-hybridized carbons (Fsp3) is 0.667. The summed E-state index contributed by atoms with van der Waals surface area (Å²) in [6, 6.07) is 8.28. The fourth-order valence-electron chi connectivity index (χ4n) is 2.50. The lowest BCUT2D eigenvalue weighted by Gasteiger charge is -2.27. The number of hydrogen-bond acceptors (Lipinski definition) is 2. The number of rotatable bonds is 10. The maximum Gasteiger partial charge on any atom is 0.0986 e. The van der Waals surface area contributed by atoms with E-state index >= 15 is 0 Å². The molecule has 2 nitrogen and oxygen atoms in total. The Morgan fingerprint density at radius 2 is 1.86 bits per heavy atom. The topological polar surface area (TPSA) is 35.2 Å². The van der Waals surface area contributed by atoms with Crippen molar-refractivity contribution in [2.45, 2.75) is 65.0 Å².